The van der Waals surface area contributed by atoms with Crippen molar-refractivity contribution in [2.45, 2.75) is 92.4 Å². The van der Waals surface area contributed by atoms with Crippen LogP contribution in [0.1, 0.15) is 92.4 Å². The third-order valence-corrected chi connectivity index (χ3v) is 6.20. The molecular weight excluding hydrogens is 416 g/mol. The van der Waals surface area contributed by atoms with Gasteiger partial charge in [-0.25, -0.2) is 14.9 Å². The fraction of sp³-hybridized carbons (Fsp3) is 0.704. The van der Waals surface area contributed by atoms with Crippen molar-refractivity contribution in [2.75, 3.05) is 11.9 Å². The van der Waals surface area contributed by atoms with Gasteiger partial charge >= 0.3 is 12.1 Å². The number of unbranched alkanes of at least 4 members (excludes halogenated alkanes) is 4. The lowest BCUT2D eigenvalue weighted by Crippen LogP contribution is -2.32. The molecule has 0 aliphatic rings. The Labute approximate surface area is 201 Å². The zero-order valence-electron chi connectivity index (χ0n) is 21.5. The van der Waals surface area contributed by atoms with E-state index in [0.717, 1.165) is 11.8 Å². The molecule has 0 aliphatic carbocycles. The summed E-state index contributed by atoms with van der Waals surface area (Å²) < 4.78 is 0. The number of carbonyl (C=O) groups excluding carboxylic acids is 1. The van der Waals surface area contributed by atoms with Gasteiger partial charge in [0.15, 0.2) is 0 Å². The molecular formula is C27H48N2O4. The summed E-state index contributed by atoms with van der Waals surface area (Å²) in [6.45, 7) is 11.9. The van der Waals surface area contributed by atoms with E-state index < -0.39 is 12.1 Å². The molecule has 0 aromatic heterocycles. The number of carboxylic acid groups (broad SMARTS) is 1. The van der Waals surface area contributed by atoms with Crippen molar-refractivity contribution in [3.05, 3.63) is 30.3 Å². The molecule has 33 heavy (non-hydrogen) atoms. The van der Waals surface area contributed by atoms with E-state index >= 15 is 0 Å². The van der Waals surface area contributed by atoms with Gasteiger partial charge < -0.3 is 15.5 Å². The second-order valence-corrected chi connectivity index (χ2v) is 9.57. The van der Waals surface area contributed by atoms with E-state index in [-0.39, 0.29) is 0 Å². The largest absolute Gasteiger partial charge is 0.465 e. The Kier molecular flexibility index (Phi) is 18.2. The Hall–Kier alpha value is -2.08. The van der Waals surface area contributed by atoms with Crippen molar-refractivity contribution in [3.63, 3.8) is 0 Å². The van der Waals surface area contributed by atoms with Crippen LogP contribution in [0.4, 0.5) is 15.3 Å². The van der Waals surface area contributed by atoms with E-state index in [2.05, 4.69) is 39.9 Å². The van der Waals surface area contributed by atoms with Gasteiger partial charge in [0.2, 0.25) is 0 Å². The smallest absolute Gasteiger partial charge is 0.412 e. The first-order chi connectivity index (χ1) is 15.7. The molecule has 1 aromatic rings. The summed E-state index contributed by atoms with van der Waals surface area (Å²) in [4.78, 5) is 20.8. The summed E-state index contributed by atoms with van der Waals surface area (Å²) >= 11 is 0. The first kappa shape index (κ1) is 30.9. The lowest BCUT2D eigenvalue weighted by molar-refractivity contribution is 0.173. The molecule has 2 unspecified atom stereocenters. The topological polar surface area (TPSA) is 98.7 Å². The maximum Gasteiger partial charge on any atom is 0.412 e. The minimum atomic E-state index is -1.38. The molecule has 4 N–H and O–H groups in total. The minimum absolute atomic E-state index is 0.362. The van der Waals surface area contributed by atoms with Crippen molar-refractivity contribution in [1.82, 2.24) is 5.32 Å². The highest BCUT2D eigenvalue weighted by atomic mass is 16.4. The van der Waals surface area contributed by atoms with Crippen LogP contribution in [0.15, 0.2) is 30.3 Å². The molecule has 190 valence electrons. The first-order valence-electron chi connectivity index (χ1n) is 12.7. The number of imide groups is 1. The summed E-state index contributed by atoms with van der Waals surface area (Å²) in [5.74, 6) is 2.83. The van der Waals surface area contributed by atoms with Crippen LogP contribution in [0.2, 0.25) is 0 Å². The Bertz CT molecular complexity index is 620. The Balaban J connectivity index is 0.000000676. The van der Waals surface area contributed by atoms with E-state index in [4.69, 9.17) is 5.11 Å². The first-order valence-corrected chi connectivity index (χ1v) is 12.7. The molecule has 2 atom stereocenters. The number of nitrogens with one attached hydrogen (secondary N) is 2. The van der Waals surface area contributed by atoms with E-state index in [1.165, 1.54) is 57.8 Å². The van der Waals surface area contributed by atoms with Gasteiger partial charge in [-0.1, -0.05) is 104 Å². The van der Waals surface area contributed by atoms with Gasteiger partial charge in [0, 0.05) is 12.3 Å². The number of urea groups is 1. The monoisotopic (exact) mass is 464 g/mol. The Morgan fingerprint density at radius 2 is 1.36 bits per heavy atom. The highest BCUT2D eigenvalue weighted by molar-refractivity contribution is 5.98. The average molecular weight is 465 g/mol. The van der Waals surface area contributed by atoms with Gasteiger partial charge in [0.1, 0.15) is 0 Å². The lowest BCUT2D eigenvalue weighted by atomic mass is 9.83. The number of aliphatic hydroxyl groups is 1. The van der Waals surface area contributed by atoms with Gasteiger partial charge in [0.25, 0.3) is 0 Å². The predicted molar refractivity (Wildman–Crippen MR) is 138 cm³/mol. The van der Waals surface area contributed by atoms with E-state index in [1.807, 2.05) is 0 Å². The lowest BCUT2D eigenvalue weighted by Gasteiger charge is -2.23. The number of hydrogen-bond acceptors (Lipinski definition) is 3. The molecule has 0 heterocycles. The third-order valence-electron chi connectivity index (χ3n) is 6.20. The van der Waals surface area contributed by atoms with Gasteiger partial charge in [-0.15, -0.1) is 0 Å². The van der Waals surface area contributed by atoms with Crippen LogP contribution in [0.3, 0.4) is 0 Å². The van der Waals surface area contributed by atoms with Crippen LogP contribution in [0.25, 0.3) is 0 Å². The molecule has 0 saturated carbocycles. The number of rotatable bonds is 14. The molecule has 6 heteroatoms. The molecule has 1 aromatic carbocycles. The second kappa shape index (κ2) is 19.4. The zero-order valence-corrected chi connectivity index (χ0v) is 21.5. The van der Waals surface area contributed by atoms with Crippen LogP contribution in [0, 0.1) is 23.7 Å². The van der Waals surface area contributed by atoms with Crippen LogP contribution in [0.5, 0.6) is 0 Å². The third kappa shape index (κ3) is 17.1. The molecule has 0 saturated heterocycles. The SMILES string of the molecule is CCCCCCCC(CCCC(CO)C(C)C)C(C)C.O=C(O)NC(=O)Nc1ccccc1. The molecule has 0 fully saturated rings. The number of amides is 3. The standard InChI is InChI=1S/C19H40O.C8H8N2O3/c1-6-7-8-9-10-12-18(16(2)3)13-11-14-19(15-20)17(4)5;11-7(10-8(12)13)9-6-4-2-1-3-5-6/h16-20H,6-15H2,1-5H3;1-5H,(H,12,13)(H2,9,10,11). The zero-order chi connectivity index (χ0) is 25.1. The van der Waals surface area contributed by atoms with Gasteiger partial charge in [-0.3, -0.25) is 0 Å². The Morgan fingerprint density at radius 3 is 1.88 bits per heavy atom. The van der Waals surface area contributed by atoms with Crippen molar-refractivity contribution in [1.29, 1.82) is 0 Å². The van der Waals surface area contributed by atoms with Gasteiger partial charge in [-0.2, -0.15) is 0 Å². The molecule has 0 radical (unpaired) electrons. The Morgan fingerprint density at radius 1 is 0.818 bits per heavy atom. The number of hydrogen-bond donors (Lipinski definition) is 4. The maximum absolute atomic E-state index is 10.8. The second-order valence-electron chi connectivity index (χ2n) is 9.57. The van der Waals surface area contributed by atoms with Crippen molar-refractivity contribution < 1.29 is 19.8 Å². The van der Waals surface area contributed by atoms with Gasteiger partial charge in [0.05, 0.1) is 0 Å². The van der Waals surface area contributed by atoms with Crippen molar-refractivity contribution in [2.24, 2.45) is 23.7 Å². The summed E-state index contributed by atoms with van der Waals surface area (Å²) in [5.41, 5.74) is 0.543. The molecule has 6 nitrogen and oxygen atoms in total. The van der Waals surface area contributed by atoms with Gasteiger partial charge in [-0.05, 0) is 42.2 Å². The summed E-state index contributed by atoms with van der Waals surface area (Å²) in [6, 6.07) is 7.80. The minimum Gasteiger partial charge on any atom is -0.465 e. The average Bonchev–Trinajstić information content (AvgIpc) is 2.75. The van der Waals surface area contributed by atoms with E-state index in [0.29, 0.717) is 24.1 Å². The van der Waals surface area contributed by atoms with Crippen molar-refractivity contribution in [3.8, 4) is 0 Å². The van der Waals surface area contributed by atoms with Crippen LogP contribution < -0.4 is 10.6 Å². The molecule has 0 spiro atoms. The fourth-order valence-electron chi connectivity index (χ4n) is 3.88. The quantitative estimate of drug-likeness (QED) is 0.214. The number of carbonyl (C=O) groups is 2. The molecule has 0 bridgehead atoms. The highest BCUT2D eigenvalue weighted by Gasteiger charge is 2.16. The molecule has 3 amide bonds. The van der Waals surface area contributed by atoms with Crippen LogP contribution in [-0.2, 0) is 0 Å². The van der Waals surface area contributed by atoms with Crippen LogP contribution >= 0.6 is 0 Å². The van der Waals surface area contributed by atoms with Crippen LogP contribution in [-0.4, -0.2) is 28.9 Å². The fourth-order valence-corrected chi connectivity index (χ4v) is 3.88. The predicted octanol–water partition coefficient (Wildman–Crippen LogP) is 7.54. The number of para-hydroxylation sites is 1. The van der Waals surface area contributed by atoms with E-state index in [9.17, 15) is 14.7 Å². The molecule has 1 rings (SSSR count). The van der Waals surface area contributed by atoms with E-state index in [1.54, 1.807) is 35.6 Å². The van der Waals surface area contributed by atoms with Crippen molar-refractivity contribution >= 4 is 17.8 Å². The summed E-state index contributed by atoms with van der Waals surface area (Å²) in [7, 11) is 0. The maximum atomic E-state index is 10.8. The number of aliphatic hydroxyl groups excluding tert-OH is 1. The summed E-state index contributed by atoms with van der Waals surface area (Å²) in [6.07, 6.45) is 10.9. The highest BCUT2D eigenvalue weighted by Crippen LogP contribution is 2.27. The number of anilines is 1. The molecule has 0 aliphatic heterocycles. The number of benzene rings is 1. The normalized spacial score (nSPS) is 12.6. The summed E-state index contributed by atoms with van der Waals surface area (Å²) in [5, 5.41) is 21.6.